The number of halogens is 1. The topological polar surface area (TPSA) is 34.4 Å². The van der Waals surface area contributed by atoms with Gasteiger partial charge in [-0.2, -0.15) is 0 Å². The quantitative estimate of drug-likeness (QED) is 0.616. The molecule has 0 saturated carbocycles. The van der Waals surface area contributed by atoms with Crippen LogP contribution in [0.15, 0.2) is 30.3 Å². The van der Waals surface area contributed by atoms with Gasteiger partial charge in [0, 0.05) is 5.02 Å². The minimum Gasteiger partial charge on any atom is -0.296 e. The fourth-order valence-corrected chi connectivity index (χ4v) is 2.25. The molecule has 3 rings (SSSR count). The normalized spacial score (nSPS) is 11.2. The Balaban J connectivity index is 2.60. The largest absolute Gasteiger partial charge is 0.296 e. The standard InChI is InChI=1S/C13H9ClN2O/c1-8-12(7-17)16-11-6-10(14)4-2-9(11)3-5-13(16)15-8/h2-7H,1H3. The summed E-state index contributed by atoms with van der Waals surface area (Å²) in [5, 5.41) is 1.68. The molecule has 0 bridgehead atoms. The summed E-state index contributed by atoms with van der Waals surface area (Å²) in [4.78, 5) is 15.5. The highest BCUT2D eigenvalue weighted by molar-refractivity contribution is 6.31. The van der Waals surface area contributed by atoms with Crippen molar-refractivity contribution in [3.63, 3.8) is 0 Å². The Kier molecular flexibility index (Phi) is 2.16. The molecule has 0 aliphatic rings. The Hall–Kier alpha value is -1.87. The summed E-state index contributed by atoms with van der Waals surface area (Å²) < 4.78 is 1.84. The van der Waals surface area contributed by atoms with Gasteiger partial charge >= 0.3 is 0 Å². The first kappa shape index (κ1) is 10.3. The summed E-state index contributed by atoms with van der Waals surface area (Å²) in [6, 6.07) is 9.48. The van der Waals surface area contributed by atoms with Gasteiger partial charge in [-0.3, -0.25) is 9.20 Å². The van der Waals surface area contributed by atoms with Crippen molar-refractivity contribution in [1.82, 2.24) is 9.38 Å². The summed E-state index contributed by atoms with van der Waals surface area (Å²) in [6.45, 7) is 1.83. The van der Waals surface area contributed by atoms with Crippen molar-refractivity contribution in [2.24, 2.45) is 0 Å². The lowest BCUT2D eigenvalue weighted by Gasteiger charge is -2.03. The number of imidazole rings is 1. The maximum atomic E-state index is 11.1. The van der Waals surface area contributed by atoms with Gasteiger partial charge in [-0.05, 0) is 36.6 Å². The Morgan fingerprint density at radius 2 is 2.06 bits per heavy atom. The lowest BCUT2D eigenvalue weighted by molar-refractivity contribution is 0.111. The average Bonchev–Trinajstić information content (AvgIpc) is 2.64. The number of benzene rings is 1. The van der Waals surface area contributed by atoms with Crippen LogP contribution in [0, 0.1) is 6.92 Å². The summed E-state index contributed by atoms with van der Waals surface area (Å²) >= 11 is 6.00. The molecule has 0 aliphatic carbocycles. The first-order valence-electron chi connectivity index (χ1n) is 5.23. The van der Waals surface area contributed by atoms with Crippen LogP contribution < -0.4 is 0 Å². The number of carbonyl (C=O) groups is 1. The predicted molar refractivity (Wildman–Crippen MR) is 67.8 cm³/mol. The SMILES string of the molecule is Cc1nc2ccc3ccc(Cl)cc3n2c1C=O. The van der Waals surface area contributed by atoms with E-state index in [1.54, 1.807) is 0 Å². The van der Waals surface area contributed by atoms with Crippen molar-refractivity contribution in [3.05, 3.63) is 46.7 Å². The van der Waals surface area contributed by atoms with E-state index in [0.717, 1.165) is 28.5 Å². The third-order valence-electron chi connectivity index (χ3n) is 2.88. The molecule has 0 spiro atoms. The maximum absolute atomic E-state index is 11.1. The van der Waals surface area contributed by atoms with Crippen molar-refractivity contribution in [2.75, 3.05) is 0 Å². The van der Waals surface area contributed by atoms with E-state index in [1.165, 1.54) is 0 Å². The minimum absolute atomic E-state index is 0.577. The Morgan fingerprint density at radius 1 is 1.29 bits per heavy atom. The third kappa shape index (κ3) is 1.43. The molecule has 0 saturated heterocycles. The lowest BCUT2D eigenvalue weighted by Crippen LogP contribution is -1.94. The molecule has 3 aromatic rings. The zero-order chi connectivity index (χ0) is 12.0. The first-order chi connectivity index (χ1) is 8.20. The summed E-state index contributed by atoms with van der Waals surface area (Å²) in [6.07, 6.45) is 0.829. The molecule has 2 heterocycles. The zero-order valence-electron chi connectivity index (χ0n) is 9.14. The van der Waals surface area contributed by atoms with Gasteiger partial charge in [0.25, 0.3) is 0 Å². The molecule has 0 aliphatic heterocycles. The van der Waals surface area contributed by atoms with E-state index in [1.807, 2.05) is 41.7 Å². The van der Waals surface area contributed by atoms with Crippen LogP contribution in [0.3, 0.4) is 0 Å². The predicted octanol–water partition coefficient (Wildman–Crippen LogP) is 3.26. The van der Waals surface area contributed by atoms with Crippen LogP contribution in [0.25, 0.3) is 16.6 Å². The number of hydrogen-bond acceptors (Lipinski definition) is 2. The number of carbonyl (C=O) groups excluding carboxylic acids is 1. The fourth-order valence-electron chi connectivity index (χ4n) is 2.08. The number of hydrogen-bond donors (Lipinski definition) is 0. The second kappa shape index (κ2) is 3.57. The van der Waals surface area contributed by atoms with Gasteiger partial charge in [-0.25, -0.2) is 4.98 Å². The van der Waals surface area contributed by atoms with Crippen molar-refractivity contribution in [1.29, 1.82) is 0 Å². The number of aryl methyl sites for hydroxylation is 1. The molecule has 1 aromatic carbocycles. The van der Waals surface area contributed by atoms with Crippen LogP contribution >= 0.6 is 11.6 Å². The van der Waals surface area contributed by atoms with Crippen LogP contribution in [-0.4, -0.2) is 15.7 Å². The lowest BCUT2D eigenvalue weighted by atomic mass is 10.2. The van der Waals surface area contributed by atoms with Crippen molar-refractivity contribution < 1.29 is 4.79 Å². The van der Waals surface area contributed by atoms with Crippen molar-refractivity contribution in [3.8, 4) is 0 Å². The number of fused-ring (bicyclic) bond motifs is 3. The molecule has 84 valence electrons. The number of aldehydes is 1. The van der Waals surface area contributed by atoms with Crippen LogP contribution in [0.1, 0.15) is 16.2 Å². The van der Waals surface area contributed by atoms with Gasteiger partial charge in [0.1, 0.15) is 11.3 Å². The number of nitrogens with zero attached hydrogens (tertiary/aromatic N) is 2. The minimum atomic E-state index is 0.577. The van der Waals surface area contributed by atoms with Crippen molar-refractivity contribution in [2.45, 2.75) is 6.92 Å². The van der Waals surface area contributed by atoms with Gasteiger partial charge < -0.3 is 0 Å². The van der Waals surface area contributed by atoms with E-state index in [-0.39, 0.29) is 0 Å². The van der Waals surface area contributed by atoms with Gasteiger partial charge in [0.2, 0.25) is 0 Å². The molecular weight excluding hydrogens is 236 g/mol. The second-order valence-electron chi connectivity index (χ2n) is 3.93. The van der Waals surface area contributed by atoms with E-state index in [4.69, 9.17) is 11.6 Å². The Bertz CT molecular complexity index is 746. The molecule has 2 aromatic heterocycles. The third-order valence-corrected chi connectivity index (χ3v) is 3.12. The van der Waals surface area contributed by atoms with Gasteiger partial charge in [0.15, 0.2) is 6.29 Å². The molecule has 0 unspecified atom stereocenters. The van der Waals surface area contributed by atoms with E-state index in [0.29, 0.717) is 10.7 Å². The Labute approximate surface area is 103 Å². The van der Waals surface area contributed by atoms with Crippen LogP contribution in [0.5, 0.6) is 0 Å². The molecule has 0 N–H and O–H groups in total. The average molecular weight is 245 g/mol. The van der Waals surface area contributed by atoms with Gasteiger partial charge in [-0.15, -0.1) is 0 Å². The molecule has 0 radical (unpaired) electrons. The smallest absolute Gasteiger partial charge is 0.168 e. The van der Waals surface area contributed by atoms with Crippen LogP contribution in [-0.2, 0) is 0 Å². The number of rotatable bonds is 1. The molecule has 0 fully saturated rings. The summed E-state index contributed by atoms with van der Waals surface area (Å²) in [5.74, 6) is 0. The van der Waals surface area contributed by atoms with E-state index < -0.39 is 0 Å². The molecule has 3 nitrogen and oxygen atoms in total. The highest BCUT2D eigenvalue weighted by atomic mass is 35.5. The van der Waals surface area contributed by atoms with Gasteiger partial charge in [-0.1, -0.05) is 17.7 Å². The van der Waals surface area contributed by atoms with E-state index >= 15 is 0 Å². The molecule has 0 amide bonds. The fraction of sp³-hybridized carbons (Fsp3) is 0.0769. The number of aromatic nitrogens is 2. The van der Waals surface area contributed by atoms with Crippen LogP contribution in [0.2, 0.25) is 5.02 Å². The maximum Gasteiger partial charge on any atom is 0.168 e. The monoisotopic (exact) mass is 244 g/mol. The van der Waals surface area contributed by atoms with Crippen molar-refractivity contribution >= 4 is 34.4 Å². The highest BCUT2D eigenvalue weighted by Gasteiger charge is 2.10. The van der Waals surface area contributed by atoms with E-state index in [2.05, 4.69) is 4.98 Å². The van der Waals surface area contributed by atoms with E-state index in [9.17, 15) is 4.79 Å². The first-order valence-corrected chi connectivity index (χ1v) is 5.61. The Morgan fingerprint density at radius 3 is 2.82 bits per heavy atom. The number of pyridine rings is 1. The molecule has 17 heavy (non-hydrogen) atoms. The summed E-state index contributed by atoms with van der Waals surface area (Å²) in [7, 11) is 0. The molecule has 0 atom stereocenters. The summed E-state index contributed by atoms with van der Waals surface area (Å²) in [5.41, 5.74) is 2.97. The molecular formula is C13H9ClN2O. The highest BCUT2D eigenvalue weighted by Crippen LogP contribution is 2.23. The van der Waals surface area contributed by atoms with Gasteiger partial charge in [0.05, 0.1) is 11.2 Å². The molecule has 4 heteroatoms. The second-order valence-corrected chi connectivity index (χ2v) is 4.37. The van der Waals surface area contributed by atoms with Crippen LogP contribution in [0.4, 0.5) is 0 Å². The zero-order valence-corrected chi connectivity index (χ0v) is 9.90.